The first-order valence-electron chi connectivity index (χ1n) is 11.7. The number of benzene rings is 2. The van der Waals surface area contributed by atoms with Crippen LogP contribution < -0.4 is 23.9 Å². The number of ether oxygens (including phenoxy) is 2. The lowest BCUT2D eigenvalue weighted by molar-refractivity contribution is -0.830. The maximum Gasteiger partial charge on any atom is 0.632 e. The fraction of sp³-hybridized carbons (Fsp3) is 0.423. The molecule has 1 aliphatic rings. The molecule has 1 aromatic heterocycles. The molecule has 1 heterocycles. The molecule has 2 aromatic carbocycles. The zero-order valence-electron chi connectivity index (χ0n) is 20.2. The maximum absolute atomic E-state index is 13.1. The van der Waals surface area contributed by atoms with Crippen LogP contribution in [0, 0.1) is 13.8 Å². The van der Waals surface area contributed by atoms with E-state index in [0.717, 1.165) is 43.2 Å². The smallest absolute Gasteiger partial charge is 0.493 e. The standard InChI is InChI=1S/C26H31N3O5/c1-16-10-11-18(12-17(16)2)27-24(30)15-28-21-14-23(34-4)22(33-3)13-20(21)25(31)29(26(28)32)19-8-6-5-7-9-19/h10-14,19H,5-9,15H2,1-4H3,(H,27,30)/p+2. The molecule has 1 aliphatic carbocycles. The van der Waals surface area contributed by atoms with Crippen LogP contribution in [0.2, 0.25) is 0 Å². The van der Waals surface area contributed by atoms with E-state index in [-0.39, 0.29) is 30.4 Å². The molecule has 1 fully saturated rings. The van der Waals surface area contributed by atoms with Crippen LogP contribution in [0.15, 0.2) is 30.3 Å². The number of aromatic nitrogens is 2. The molecule has 3 N–H and O–H groups in total. The Balaban J connectivity index is 1.82. The summed E-state index contributed by atoms with van der Waals surface area (Å²) in [7, 11) is 3.05. The third kappa shape index (κ3) is 4.44. The largest absolute Gasteiger partial charge is 0.632 e. The predicted molar refractivity (Wildman–Crippen MR) is 127 cm³/mol. The van der Waals surface area contributed by atoms with Crippen LogP contribution in [0.3, 0.4) is 0 Å². The number of nitrogens with one attached hydrogen (secondary N) is 1. The quantitative estimate of drug-likeness (QED) is 0.482. The predicted octanol–water partition coefficient (Wildman–Crippen LogP) is 3.60. The third-order valence-corrected chi connectivity index (χ3v) is 6.75. The van der Waals surface area contributed by atoms with E-state index >= 15 is 0 Å². The summed E-state index contributed by atoms with van der Waals surface area (Å²) in [5, 5.41) is 25.9. The van der Waals surface area contributed by atoms with Gasteiger partial charge in [-0.05, 0) is 49.9 Å². The number of rotatable bonds is 6. The summed E-state index contributed by atoms with van der Waals surface area (Å²) < 4.78 is 13.9. The molecule has 0 aliphatic heterocycles. The summed E-state index contributed by atoms with van der Waals surface area (Å²) in [6.45, 7) is 3.87. The Morgan fingerprint density at radius 1 is 1.00 bits per heavy atom. The summed E-state index contributed by atoms with van der Waals surface area (Å²) in [6.07, 6.45) is 4.87. The summed E-state index contributed by atoms with van der Waals surface area (Å²) >= 11 is 0. The van der Waals surface area contributed by atoms with Gasteiger partial charge in [-0.3, -0.25) is 4.79 Å². The highest BCUT2D eigenvalue weighted by molar-refractivity contribution is 5.90. The average Bonchev–Trinajstić information content (AvgIpc) is 2.84. The van der Waals surface area contributed by atoms with Gasteiger partial charge in [-0.15, -0.1) is 0 Å². The lowest BCUT2D eigenvalue weighted by Crippen LogP contribution is -2.53. The number of nitrogens with zero attached hydrogens (tertiary/aromatic N) is 2. The number of methoxy groups -OCH3 is 2. The molecule has 0 bridgehead atoms. The highest BCUT2D eigenvalue weighted by atomic mass is 16.5. The number of amides is 1. The van der Waals surface area contributed by atoms with Crippen LogP contribution in [0.5, 0.6) is 23.4 Å². The number of hydrogen-bond acceptors (Lipinski definition) is 5. The first kappa shape index (κ1) is 23.6. The van der Waals surface area contributed by atoms with Crippen molar-refractivity contribution < 1.29 is 33.6 Å². The molecule has 0 unspecified atom stereocenters. The first-order chi connectivity index (χ1) is 16.3. The van der Waals surface area contributed by atoms with Gasteiger partial charge in [-0.1, -0.05) is 21.6 Å². The minimum atomic E-state index is -0.291. The Bertz CT molecular complexity index is 1240. The molecule has 8 heteroatoms. The van der Waals surface area contributed by atoms with Gasteiger partial charge in [0.1, 0.15) is 0 Å². The molecule has 1 amide bonds. The van der Waals surface area contributed by atoms with Crippen molar-refractivity contribution in [3.8, 4) is 23.4 Å². The van der Waals surface area contributed by atoms with E-state index < -0.39 is 0 Å². The van der Waals surface area contributed by atoms with Gasteiger partial charge < -0.3 is 25.0 Å². The lowest BCUT2D eigenvalue weighted by Gasteiger charge is -2.18. The van der Waals surface area contributed by atoms with E-state index in [1.165, 1.54) is 18.8 Å². The zero-order chi connectivity index (χ0) is 24.4. The zero-order valence-corrected chi connectivity index (χ0v) is 20.2. The second-order valence-electron chi connectivity index (χ2n) is 8.94. The minimum Gasteiger partial charge on any atom is -0.493 e. The molecule has 0 spiro atoms. The van der Waals surface area contributed by atoms with Crippen molar-refractivity contribution in [2.45, 2.75) is 58.5 Å². The van der Waals surface area contributed by atoms with Crippen LogP contribution >= 0.6 is 0 Å². The molecule has 4 rings (SSSR count). The van der Waals surface area contributed by atoms with Gasteiger partial charge in [0.15, 0.2) is 22.9 Å². The fourth-order valence-corrected chi connectivity index (χ4v) is 4.73. The van der Waals surface area contributed by atoms with Crippen molar-refractivity contribution in [1.82, 2.24) is 0 Å². The van der Waals surface area contributed by atoms with Gasteiger partial charge >= 0.3 is 11.9 Å². The summed E-state index contributed by atoms with van der Waals surface area (Å²) in [5.74, 6) is 0.552. The van der Waals surface area contributed by atoms with Gasteiger partial charge in [0, 0.05) is 24.6 Å². The second-order valence-corrected chi connectivity index (χ2v) is 8.94. The molecular formula is C26H33N3O5+2. The van der Waals surface area contributed by atoms with Crippen molar-refractivity contribution in [2.75, 3.05) is 19.5 Å². The molecule has 3 aromatic rings. The Labute approximate surface area is 199 Å². The number of aromatic hydroxyl groups is 2. The molecule has 0 radical (unpaired) electrons. The van der Waals surface area contributed by atoms with Crippen LogP contribution in [-0.2, 0) is 11.3 Å². The van der Waals surface area contributed by atoms with E-state index in [4.69, 9.17) is 9.47 Å². The van der Waals surface area contributed by atoms with Gasteiger partial charge in [0.2, 0.25) is 12.1 Å². The molecule has 0 atom stereocenters. The normalized spacial score (nSPS) is 14.2. The molecule has 8 nitrogen and oxygen atoms in total. The van der Waals surface area contributed by atoms with Gasteiger partial charge in [0.25, 0.3) is 5.91 Å². The van der Waals surface area contributed by atoms with Crippen LogP contribution in [0.1, 0.15) is 49.3 Å². The highest BCUT2D eigenvalue weighted by Crippen LogP contribution is 2.36. The van der Waals surface area contributed by atoms with Crippen molar-refractivity contribution >= 4 is 22.5 Å². The molecule has 1 saturated carbocycles. The Kier molecular flexibility index (Phi) is 6.77. The highest BCUT2D eigenvalue weighted by Gasteiger charge is 2.40. The lowest BCUT2D eigenvalue weighted by atomic mass is 9.95. The first-order valence-corrected chi connectivity index (χ1v) is 11.7. The van der Waals surface area contributed by atoms with Gasteiger partial charge in [-0.25, -0.2) is 0 Å². The molecule has 180 valence electrons. The number of fused-ring (bicyclic) bond motifs is 1. The molecule has 0 saturated heterocycles. The fourth-order valence-electron chi connectivity index (χ4n) is 4.73. The van der Waals surface area contributed by atoms with E-state index in [1.807, 2.05) is 32.0 Å². The van der Waals surface area contributed by atoms with Crippen molar-refractivity contribution in [3.63, 3.8) is 0 Å². The third-order valence-electron chi connectivity index (χ3n) is 6.75. The number of anilines is 1. The number of hydrogen-bond donors (Lipinski definition) is 3. The minimum absolute atomic E-state index is 0.0498. The molecular weight excluding hydrogens is 434 g/mol. The monoisotopic (exact) mass is 467 g/mol. The van der Waals surface area contributed by atoms with Crippen molar-refractivity contribution in [3.05, 3.63) is 41.5 Å². The summed E-state index contributed by atoms with van der Waals surface area (Å²) in [4.78, 5) is 13.1. The number of aryl methyl sites for hydroxylation is 2. The maximum atomic E-state index is 13.1. The van der Waals surface area contributed by atoms with Crippen molar-refractivity contribution in [2.24, 2.45) is 0 Å². The van der Waals surface area contributed by atoms with Crippen LogP contribution in [0.25, 0.3) is 10.9 Å². The van der Waals surface area contributed by atoms with Gasteiger partial charge in [0.05, 0.1) is 20.3 Å². The SMILES string of the molecule is COc1cc2c(O)[n+](C3CCCCC3)c(O)[n+](CC(=O)Nc3ccc(C)c(C)c3)c2cc1OC. The number of carbonyl (C=O) groups is 1. The van der Waals surface area contributed by atoms with Crippen LogP contribution in [0.4, 0.5) is 5.69 Å². The van der Waals surface area contributed by atoms with Crippen LogP contribution in [-0.4, -0.2) is 30.3 Å². The Morgan fingerprint density at radius 3 is 2.32 bits per heavy atom. The summed E-state index contributed by atoms with van der Waals surface area (Å²) in [5.41, 5.74) is 3.38. The molecule has 34 heavy (non-hydrogen) atoms. The van der Waals surface area contributed by atoms with Crippen molar-refractivity contribution in [1.29, 1.82) is 0 Å². The average molecular weight is 468 g/mol. The number of carbonyl (C=O) groups excluding carboxylic acids is 1. The van der Waals surface area contributed by atoms with E-state index in [1.54, 1.807) is 16.7 Å². The topological polar surface area (TPSA) is 95.8 Å². The van der Waals surface area contributed by atoms with E-state index in [9.17, 15) is 15.0 Å². The second kappa shape index (κ2) is 9.75. The van der Waals surface area contributed by atoms with E-state index in [0.29, 0.717) is 28.1 Å². The van der Waals surface area contributed by atoms with Gasteiger partial charge in [-0.2, -0.15) is 0 Å². The van der Waals surface area contributed by atoms with E-state index in [2.05, 4.69) is 5.32 Å². The Morgan fingerprint density at radius 2 is 1.68 bits per heavy atom. The Hall–Kier alpha value is -3.55. The summed E-state index contributed by atoms with van der Waals surface area (Å²) in [6, 6.07) is 8.86.